The van der Waals surface area contributed by atoms with Crippen LogP contribution in [0.4, 0.5) is 10.2 Å². The lowest BCUT2D eigenvalue weighted by Gasteiger charge is -2.38. The van der Waals surface area contributed by atoms with Gasteiger partial charge < -0.3 is 9.80 Å². The van der Waals surface area contributed by atoms with Gasteiger partial charge in [-0.3, -0.25) is 0 Å². The fourth-order valence-corrected chi connectivity index (χ4v) is 3.75. The van der Waals surface area contributed by atoms with Gasteiger partial charge in [0.2, 0.25) is 0 Å². The Labute approximate surface area is 158 Å². The van der Waals surface area contributed by atoms with Gasteiger partial charge in [0.25, 0.3) is 0 Å². The second-order valence-corrected chi connectivity index (χ2v) is 7.44. The van der Waals surface area contributed by atoms with Crippen molar-refractivity contribution in [3.63, 3.8) is 0 Å². The van der Waals surface area contributed by atoms with E-state index in [1.54, 1.807) is 22.7 Å². The fraction of sp³-hybridized carbons (Fsp3) is 0.450. The summed E-state index contributed by atoms with van der Waals surface area (Å²) in [6.07, 6.45) is 2.22. The Morgan fingerprint density at radius 1 is 1.07 bits per heavy atom. The molecule has 4 rings (SSSR count). The van der Waals surface area contributed by atoms with Crippen LogP contribution in [0.25, 0.3) is 17.0 Å². The van der Waals surface area contributed by atoms with Gasteiger partial charge in [-0.05, 0) is 51.0 Å². The van der Waals surface area contributed by atoms with E-state index in [4.69, 9.17) is 5.10 Å². The number of nitrogens with zero attached hydrogens (tertiary/aromatic N) is 6. The van der Waals surface area contributed by atoms with Crippen LogP contribution in [0.1, 0.15) is 26.7 Å². The molecule has 0 radical (unpaired) electrons. The Hall–Kier alpha value is -2.54. The van der Waals surface area contributed by atoms with Crippen molar-refractivity contribution in [3.8, 4) is 11.4 Å². The molecule has 0 spiro atoms. The van der Waals surface area contributed by atoms with Crippen LogP contribution < -0.4 is 4.90 Å². The summed E-state index contributed by atoms with van der Waals surface area (Å²) in [5.74, 6) is 0.948. The summed E-state index contributed by atoms with van der Waals surface area (Å²) in [4.78, 5) is 4.74. The minimum Gasteiger partial charge on any atom is -0.355 e. The van der Waals surface area contributed by atoms with E-state index < -0.39 is 0 Å². The van der Waals surface area contributed by atoms with Gasteiger partial charge in [0.15, 0.2) is 11.5 Å². The largest absolute Gasteiger partial charge is 0.355 e. The summed E-state index contributed by atoms with van der Waals surface area (Å²) in [7, 11) is 2.08. The summed E-state index contributed by atoms with van der Waals surface area (Å²) >= 11 is 0. The Morgan fingerprint density at radius 2 is 1.81 bits per heavy atom. The summed E-state index contributed by atoms with van der Waals surface area (Å²) in [5, 5.41) is 13.0. The fourth-order valence-electron chi connectivity index (χ4n) is 3.75. The monoisotopic (exact) mass is 368 g/mol. The number of aromatic nitrogens is 4. The minimum absolute atomic E-state index is 0.326. The third-order valence-electron chi connectivity index (χ3n) is 5.50. The number of likely N-dealkylation sites (tertiary alicyclic amines) is 1. The quantitative estimate of drug-likeness (QED) is 0.708. The first-order valence-electron chi connectivity index (χ1n) is 9.49. The molecule has 7 heteroatoms. The minimum atomic E-state index is -0.326. The number of halogens is 1. The van der Waals surface area contributed by atoms with Gasteiger partial charge in [-0.15, -0.1) is 15.3 Å². The average molecular weight is 368 g/mol. The maximum atomic E-state index is 14.2. The van der Waals surface area contributed by atoms with Crippen LogP contribution in [0, 0.1) is 5.82 Å². The molecule has 3 aromatic rings. The van der Waals surface area contributed by atoms with Crippen molar-refractivity contribution in [3.05, 3.63) is 42.2 Å². The van der Waals surface area contributed by atoms with Gasteiger partial charge in [-0.2, -0.15) is 4.52 Å². The second-order valence-electron chi connectivity index (χ2n) is 7.44. The molecule has 27 heavy (non-hydrogen) atoms. The molecular formula is C20H25FN6. The van der Waals surface area contributed by atoms with Crippen LogP contribution >= 0.6 is 0 Å². The van der Waals surface area contributed by atoms with Crippen LogP contribution in [-0.2, 0) is 0 Å². The molecule has 1 fully saturated rings. The molecule has 0 N–H and O–H groups in total. The molecule has 0 atom stereocenters. The molecule has 0 amide bonds. The van der Waals surface area contributed by atoms with E-state index in [0.29, 0.717) is 29.1 Å². The van der Waals surface area contributed by atoms with E-state index in [2.05, 4.69) is 40.9 Å². The number of benzene rings is 1. The zero-order valence-electron chi connectivity index (χ0n) is 16.0. The summed E-state index contributed by atoms with van der Waals surface area (Å²) in [6.45, 7) is 6.69. The molecule has 2 aromatic heterocycles. The molecule has 1 saturated heterocycles. The molecule has 0 aliphatic carbocycles. The van der Waals surface area contributed by atoms with E-state index in [0.717, 1.165) is 31.7 Å². The molecule has 1 aliphatic rings. The standard InChI is InChI=1S/C20H25FN6/c1-14(2)26-12-10-15(11-13-26)25(3)19-9-8-18-22-23-20(27(18)24-19)16-6-4-5-7-17(16)21/h4-9,14-15H,10-13H2,1-3H3. The SMILES string of the molecule is CC(C)N1CCC(N(C)c2ccc3nnc(-c4ccccc4F)n3n2)CC1. The van der Waals surface area contributed by atoms with E-state index in [1.165, 1.54) is 6.07 Å². The van der Waals surface area contributed by atoms with E-state index in [9.17, 15) is 4.39 Å². The second kappa shape index (κ2) is 7.23. The molecule has 142 valence electrons. The van der Waals surface area contributed by atoms with Gasteiger partial charge in [-0.1, -0.05) is 12.1 Å². The van der Waals surface area contributed by atoms with Crippen LogP contribution in [0.5, 0.6) is 0 Å². The highest BCUT2D eigenvalue weighted by atomic mass is 19.1. The van der Waals surface area contributed by atoms with E-state index in [1.807, 2.05) is 12.1 Å². The zero-order chi connectivity index (χ0) is 19.0. The topological polar surface area (TPSA) is 49.6 Å². The molecule has 0 bridgehead atoms. The molecule has 1 aliphatic heterocycles. The lowest BCUT2D eigenvalue weighted by Crippen LogP contribution is -2.46. The van der Waals surface area contributed by atoms with Crippen LogP contribution in [-0.4, -0.2) is 56.9 Å². The molecule has 6 nitrogen and oxygen atoms in total. The zero-order valence-corrected chi connectivity index (χ0v) is 16.0. The molecule has 3 heterocycles. The van der Waals surface area contributed by atoms with Gasteiger partial charge >= 0.3 is 0 Å². The Bertz CT molecular complexity index is 929. The highest BCUT2D eigenvalue weighted by Gasteiger charge is 2.25. The summed E-state index contributed by atoms with van der Waals surface area (Å²) in [6, 6.07) is 11.5. The molecule has 0 saturated carbocycles. The lowest BCUT2D eigenvalue weighted by molar-refractivity contribution is 0.171. The van der Waals surface area contributed by atoms with Gasteiger partial charge in [0.05, 0.1) is 5.56 Å². The van der Waals surface area contributed by atoms with Crippen molar-refractivity contribution < 1.29 is 4.39 Å². The average Bonchev–Trinajstić information content (AvgIpc) is 3.11. The van der Waals surface area contributed by atoms with Crippen molar-refractivity contribution in [1.29, 1.82) is 0 Å². The highest BCUT2D eigenvalue weighted by Crippen LogP contribution is 2.24. The third kappa shape index (κ3) is 3.39. The first-order valence-corrected chi connectivity index (χ1v) is 9.49. The maximum absolute atomic E-state index is 14.2. The number of hydrogen-bond acceptors (Lipinski definition) is 5. The van der Waals surface area contributed by atoms with Crippen molar-refractivity contribution in [2.24, 2.45) is 0 Å². The van der Waals surface area contributed by atoms with E-state index >= 15 is 0 Å². The van der Waals surface area contributed by atoms with Gasteiger partial charge in [0.1, 0.15) is 11.6 Å². The lowest BCUT2D eigenvalue weighted by atomic mass is 10.0. The first-order chi connectivity index (χ1) is 13.0. The van der Waals surface area contributed by atoms with Crippen LogP contribution in [0.2, 0.25) is 0 Å². The number of hydrogen-bond donors (Lipinski definition) is 0. The molecule has 1 aromatic carbocycles. The van der Waals surface area contributed by atoms with Crippen LogP contribution in [0.3, 0.4) is 0 Å². The normalized spacial score (nSPS) is 16.3. The predicted octanol–water partition coefficient (Wildman–Crippen LogP) is 3.24. The molecular weight excluding hydrogens is 343 g/mol. The third-order valence-corrected chi connectivity index (χ3v) is 5.50. The van der Waals surface area contributed by atoms with E-state index in [-0.39, 0.29) is 5.82 Å². The number of piperidine rings is 1. The Morgan fingerprint density at radius 3 is 2.52 bits per heavy atom. The van der Waals surface area contributed by atoms with Crippen molar-refractivity contribution in [1.82, 2.24) is 24.7 Å². The number of anilines is 1. The predicted molar refractivity (Wildman–Crippen MR) is 104 cm³/mol. The molecule has 0 unspecified atom stereocenters. The van der Waals surface area contributed by atoms with Crippen LogP contribution in [0.15, 0.2) is 36.4 Å². The van der Waals surface area contributed by atoms with Crippen molar-refractivity contribution in [2.75, 3.05) is 25.0 Å². The summed E-state index contributed by atoms with van der Waals surface area (Å²) < 4.78 is 15.8. The number of fused-ring (bicyclic) bond motifs is 1. The van der Waals surface area contributed by atoms with Crippen molar-refractivity contribution in [2.45, 2.75) is 38.8 Å². The van der Waals surface area contributed by atoms with Gasteiger partial charge in [0, 0.05) is 32.2 Å². The maximum Gasteiger partial charge on any atom is 0.188 e. The highest BCUT2D eigenvalue weighted by molar-refractivity contribution is 5.60. The van der Waals surface area contributed by atoms with Crippen molar-refractivity contribution >= 4 is 11.5 Å². The summed E-state index contributed by atoms with van der Waals surface area (Å²) in [5.41, 5.74) is 1.02. The van der Waals surface area contributed by atoms with Gasteiger partial charge in [-0.25, -0.2) is 4.39 Å². The Balaban J connectivity index is 1.62. The Kier molecular flexibility index (Phi) is 4.78. The number of rotatable bonds is 4. The first kappa shape index (κ1) is 17.9. The smallest absolute Gasteiger partial charge is 0.188 e.